The van der Waals surface area contributed by atoms with Crippen LogP contribution in [0.25, 0.3) is 0 Å². The molecular weight excluding hydrogens is 204 g/mol. The molecule has 0 aromatic carbocycles. The van der Waals surface area contributed by atoms with Crippen molar-refractivity contribution in [2.24, 2.45) is 11.1 Å². The molecule has 0 bridgehead atoms. The van der Waals surface area contributed by atoms with Gasteiger partial charge in [-0.2, -0.15) is 0 Å². The van der Waals surface area contributed by atoms with Gasteiger partial charge in [-0.1, -0.05) is 20.8 Å². The second-order valence-corrected chi connectivity index (χ2v) is 4.84. The third-order valence-corrected chi connectivity index (χ3v) is 2.41. The number of carbonyl (C=O) groups excluding carboxylic acids is 1. The Kier molecular flexibility index (Phi) is 8.21. The maximum Gasteiger partial charge on any atom is 0.222 e. The molecule has 0 radical (unpaired) electrons. The fraction of sp³-hybridized carbons (Fsp3) is 0.917. The van der Waals surface area contributed by atoms with Gasteiger partial charge in [0, 0.05) is 19.6 Å². The largest absolute Gasteiger partial charge is 0.381 e. The number of hydrogen-bond acceptors (Lipinski definition) is 3. The lowest BCUT2D eigenvalue weighted by Gasteiger charge is -2.24. The number of rotatable bonds is 9. The summed E-state index contributed by atoms with van der Waals surface area (Å²) in [6, 6.07) is 0. The van der Waals surface area contributed by atoms with Gasteiger partial charge in [0.1, 0.15) is 0 Å². The number of hydrogen-bond donors (Lipinski definition) is 2. The van der Waals surface area contributed by atoms with Gasteiger partial charge in [0.15, 0.2) is 0 Å². The highest BCUT2D eigenvalue weighted by Gasteiger charge is 2.17. The van der Waals surface area contributed by atoms with Crippen molar-refractivity contribution >= 4 is 5.91 Å². The Morgan fingerprint density at radius 3 is 2.62 bits per heavy atom. The van der Waals surface area contributed by atoms with Crippen molar-refractivity contribution < 1.29 is 9.53 Å². The molecule has 3 N–H and O–H groups in total. The first-order chi connectivity index (χ1) is 7.52. The Morgan fingerprint density at radius 2 is 2.06 bits per heavy atom. The molecule has 0 aliphatic rings. The highest BCUT2D eigenvalue weighted by Crippen LogP contribution is 2.17. The van der Waals surface area contributed by atoms with Crippen LogP contribution in [0.2, 0.25) is 0 Å². The molecule has 0 aromatic rings. The summed E-state index contributed by atoms with van der Waals surface area (Å²) < 4.78 is 5.25. The number of amides is 1. The van der Waals surface area contributed by atoms with Gasteiger partial charge in [0.05, 0.1) is 6.61 Å². The van der Waals surface area contributed by atoms with Crippen LogP contribution in [-0.2, 0) is 9.53 Å². The molecule has 0 aromatic heterocycles. The lowest BCUT2D eigenvalue weighted by atomic mass is 9.89. The van der Waals surface area contributed by atoms with Crippen LogP contribution in [0.1, 0.15) is 40.0 Å². The first-order valence-electron chi connectivity index (χ1n) is 6.06. The van der Waals surface area contributed by atoms with Gasteiger partial charge in [0.25, 0.3) is 0 Å². The molecule has 0 rings (SSSR count). The van der Waals surface area contributed by atoms with E-state index in [4.69, 9.17) is 10.5 Å². The zero-order valence-corrected chi connectivity index (χ0v) is 10.8. The van der Waals surface area contributed by atoms with E-state index in [0.717, 1.165) is 19.4 Å². The molecule has 0 unspecified atom stereocenters. The molecule has 0 spiro atoms. The Hall–Kier alpha value is -0.610. The summed E-state index contributed by atoms with van der Waals surface area (Å²) in [5, 5.41) is 2.91. The van der Waals surface area contributed by atoms with Crippen molar-refractivity contribution in [3.63, 3.8) is 0 Å². The van der Waals surface area contributed by atoms with E-state index in [1.165, 1.54) is 0 Å². The summed E-state index contributed by atoms with van der Waals surface area (Å²) in [5.74, 6) is 0.0567. The van der Waals surface area contributed by atoms with E-state index in [9.17, 15) is 4.79 Å². The summed E-state index contributed by atoms with van der Waals surface area (Å²) in [5.41, 5.74) is 5.58. The summed E-state index contributed by atoms with van der Waals surface area (Å²) in [4.78, 5) is 11.4. The fourth-order valence-electron chi connectivity index (χ4n) is 1.32. The van der Waals surface area contributed by atoms with Gasteiger partial charge in [-0.25, -0.2) is 0 Å². The van der Waals surface area contributed by atoms with Gasteiger partial charge in [0.2, 0.25) is 5.91 Å². The number of nitrogens with one attached hydrogen (secondary N) is 1. The van der Waals surface area contributed by atoms with E-state index in [0.29, 0.717) is 26.1 Å². The zero-order chi connectivity index (χ0) is 12.4. The SMILES string of the molecule is CCCOCCC(=O)NCC(C)(C)CCN. The monoisotopic (exact) mass is 230 g/mol. The number of nitrogens with two attached hydrogens (primary N) is 1. The van der Waals surface area contributed by atoms with E-state index in [-0.39, 0.29) is 11.3 Å². The van der Waals surface area contributed by atoms with E-state index >= 15 is 0 Å². The average molecular weight is 230 g/mol. The van der Waals surface area contributed by atoms with Crippen LogP contribution in [0, 0.1) is 5.41 Å². The average Bonchev–Trinajstić information content (AvgIpc) is 2.22. The second-order valence-electron chi connectivity index (χ2n) is 4.84. The van der Waals surface area contributed by atoms with Gasteiger partial charge in [-0.05, 0) is 24.8 Å². The Morgan fingerprint density at radius 1 is 1.38 bits per heavy atom. The molecule has 0 atom stereocenters. The third kappa shape index (κ3) is 8.68. The van der Waals surface area contributed by atoms with Gasteiger partial charge in [-0.3, -0.25) is 4.79 Å². The normalized spacial score (nSPS) is 11.5. The Bertz CT molecular complexity index is 193. The molecule has 0 saturated carbocycles. The second kappa shape index (κ2) is 8.53. The third-order valence-electron chi connectivity index (χ3n) is 2.41. The van der Waals surface area contributed by atoms with Crippen LogP contribution in [-0.4, -0.2) is 32.2 Å². The maximum absolute atomic E-state index is 11.4. The quantitative estimate of drug-likeness (QED) is 0.587. The van der Waals surface area contributed by atoms with Gasteiger partial charge < -0.3 is 15.8 Å². The molecule has 0 heterocycles. The van der Waals surface area contributed by atoms with E-state index in [2.05, 4.69) is 26.1 Å². The van der Waals surface area contributed by atoms with Crippen molar-refractivity contribution in [1.82, 2.24) is 5.32 Å². The topological polar surface area (TPSA) is 64.3 Å². The molecule has 0 fully saturated rings. The summed E-state index contributed by atoms with van der Waals surface area (Å²) >= 11 is 0. The predicted molar refractivity (Wildman–Crippen MR) is 66.2 cm³/mol. The number of ether oxygens (including phenoxy) is 1. The molecular formula is C12H26N2O2. The van der Waals surface area contributed by atoms with Crippen LogP contribution in [0.3, 0.4) is 0 Å². The smallest absolute Gasteiger partial charge is 0.222 e. The maximum atomic E-state index is 11.4. The molecule has 4 heteroatoms. The van der Waals surface area contributed by atoms with Crippen molar-refractivity contribution in [3.8, 4) is 0 Å². The van der Waals surface area contributed by atoms with Crippen LogP contribution in [0.5, 0.6) is 0 Å². The van der Waals surface area contributed by atoms with Crippen LogP contribution >= 0.6 is 0 Å². The van der Waals surface area contributed by atoms with Crippen LogP contribution < -0.4 is 11.1 Å². The molecule has 0 aliphatic carbocycles. The predicted octanol–water partition coefficient (Wildman–Crippen LogP) is 1.29. The molecule has 4 nitrogen and oxygen atoms in total. The van der Waals surface area contributed by atoms with Crippen molar-refractivity contribution in [2.75, 3.05) is 26.3 Å². The minimum absolute atomic E-state index is 0.0567. The fourth-order valence-corrected chi connectivity index (χ4v) is 1.32. The molecule has 0 saturated heterocycles. The van der Waals surface area contributed by atoms with Gasteiger partial charge in [-0.15, -0.1) is 0 Å². The standard InChI is InChI=1S/C12H26N2O2/c1-4-8-16-9-5-11(15)14-10-12(2,3)6-7-13/h4-10,13H2,1-3H3,(H,14,15). The van der Waals surface area contributed by atoms with Crippen molar-refractivity contribution in [3.05, 3.63) is 0 Å². The Balaban J connectivity index is 3.56. The van der Waals surface area contributed by atoms with Crippen LogP contribution in [0.15, 0.2) is 0 Å². The summed E-state index contributed by atoms with van der Waals surface area (Å²) in [7, 11) is 0. The van der Waals surface area contributed by atoms with Gasteiger partial charge >= 0.3 is 0 Å². The molecule has 1 amide bonds. The summed E-state index contributed by atoms with van der Waals surface area (Å²) in [6.07, 6.45) is 2.35. The minimum Gasteiger partial charge on any atom is -0.381 e. The lowest BCUT2D eigenvalue weighted by Crippen LogP contribution is -2.35. The van der Waals surface area contributed by atoms with E-state index < -0.39 is 0 Å². The highest BCUT2D eigenvalue weighted by atomic mass is 16.5. The van der Waals surface area contributed by atoms with Crippen molar-refractivity contribution in [2.45, 2.75) is 40.0 Å². The first kappa shape index (κ1) is 15.4. The molecule has 16 heavy (non-hydrogen) atoms. The van der Waals surface area contributed by atoms with E-state index in [1.54, 1.807) is 0 Å². The zero-order valence-electron chi connectivity index (χ0n) is 10.8. The highest BCUT2D eigenvalue weighted by molar-refractivity contribution is 5.75. The molecule has 0 aliphatic heterocycles. The summed E-state index contributed by atoms with van der Waals surface area (Å²) in [6.45, 7) is 8.83. The number of carbonyl (C=O) groups is 1. The minimum atomic E-state index is 0.0567. The van der Waals surface area contributed by atoms with E-state index in [1.807, 2.05) is 0 Å². The first-order valence-corrected chi connectivity index (χ1v) is 6.06. The molecule has 96 valence electrons. The lowest BCUT2D eigenvalue weighted by molar-refractivity contribution is -0.122. The Labute approximate surface area is 98.9 Å². The van der Waals surface area contributed by atoms with Crippen molar-refractivity contribution in [1.29, 1.82) is 0 Å². The van der Waals surface area contributed by atoms with Crippen LogP contribution in [0.4, 0.5) is 0 Å².